The molecule has 1 amide bonds. The number of carbonyl (C=O) groups is 1. The number of halogens is 3. The summed E-state index contributed by atoms with van der Waals surface area (Å²) in [6, 6.07) is 3.85. The van der Waals surface area contributed by atoms with Crippen LogP contribution in [-0.2, 0) is 17.3 Å². The molecule has 34 heavy (non-hydrogen) atoms. The molecular weight excluding hydrogens is 451 g/mol. The summed E-state index contributed by atoms with van der Waals surface area (Å²) >= 11 is 0. The van der Waals surface area contributed by atoms with Crippen LogP contribution in [0.5, 0.6) is 5.75 Å². The molecule has 0 unspecified atom stereocenters. The summed E-state index contributed by atoms with van der Waals surface area (Å²) < 4.78 is 51.5. The number of hydrogen-bond acceptors (Lipinski definition) is 5. The second kappa shape index (κ2) is 13.8. The van der Waals surface area contributed by atoms with E-state index in [-0.39, 0.29) is 25.2 Å². The quantitative estimate of drug-likeness (QED) is 0.294. The van der Waals surface area contributed by atoms with Crippen molar-refractivity contribution >= 4 is 6.09 Å². The van der Waals surface area contributed by atoms with Crippen LogP contribution in [-0.4, -0.2) is 47.3 Å². The third-order valence-electron chi connectivity index (χ3n) is 5.37. The largest absolute Gasteiger partial charge is 0.493 e. The lowest BCUT2D eigenvalue weighted by molar-refractivity contribution is -0.139. The number of aliphatic hydroxyl groups is 2. The van der Waals surface area contributed by atoms with Gasteiger partial charge in [-0.2, -0.15) is 13.2 Å². The minimum Gasteiger partial charge on any atom is -0.493 e. The highest BCUT2D eigenvalue weighted by Crippen LogP contribution is 2.37. The first-order valence-corrected chi connectivity index (χ1v) is 11.9. The SMILES string of the molecule is CCCCCCCCOc1ccc(CCC(CO)(CO)NC(=O)OC(C)(C)C)cc1C(F)(F)F. The molecule has 0 aromatic heterocycles. The molecule has 0 aliphatic rings. The van der Waals surface area contributed by atoms with Crippen LogP contribution in [0.25, 0.3) is 0 Å². The van der Waals surface area contributed by atoms with E-state index in [9.17, 15) is 28.2 Å². The van der Waals surface area contributed by atoms with E-state index in [1.54, 1.807) is 20.8 Å². The molecule has 9 heteroatoms. The summed E-state index contributed by atoms with van der Waals surface area (Å²) in [5.74, 6) is -0.215. The van der Waals surface area contributed by atoms with Crippen molar-refractivity contribution in [2.75, 3.05) is 19.8 Å². The van der Waals surface area contributed by atoms with Gasteiger partial charge in [-0.05, 0) is 57.7 Å². The van der Waals surface area contributed by atoms with Crippen LogP contribution in [0.15, 0.2) is 18.2 Å². The predicted octanol–water partition coefficient (Wildman–Crippen LogP) is 5.63. The number of aryl methyl sites for hydroxylation is 1. The number of carbonyl (C=O) groups excluding carboxylic acids is 1. The molecule has 0 radical (unpaired) electrons. The van der Waals surface area contributed by atoms with Crippen LogP contribution in [0.4, 0.5) is 18.0 Å². The van der Waals surface area contributed by atoms with Gasteiger partial charge in [0.15, 0.2) is 0 Å². The van der Waals surface area contributed by atoms with Crippen molar-refractivity contribution in [2.45, 2.75) is 96.4 Å². The number of hydrogen-bond donors (Lipinski definition) is 3. The van der Waals surface area contributed by atoms with Gasteiger partial charge in [-0.3, -0.25) is 0 Å². The lowest BCUT2D eigenvalue weighted by Crippen LogP contribution is -2.55. The number of nitrogens with one attached hydrogen (secondary N) is 1. The normalized spacial score (nSPS) is 12.5. The molecule has 1 aromatic carbocycles. The second-order valence-corrected chi connectivity index (χ2v) is 9.67. The van der Waals surface area contributed by atoms with E-state index in [2.05, 4.69) is 12.2 Å². The van der Waals surface area contributed by atoms with E-state index in [0.717, 1.165) is 38.2 Å². The van der Waals surface area contributed by atoms with E-state index < -0.39 is 42.2 Å². The molecule has 0 aliphatic carbocycles. The van der Waals surface area contributed by atoms with E-state index >= 15 is 0 Å². The van der Waals surface area contributed by atoms with Crippen molar-refractivity contribution in [2.24, 2.45) is 0 Å². The third-order valence-corrected chi connectivity index (χ3v) is 5.37. The Morgan fingerprint density at radius 1 is 1.00 bits per heavy atom. The summed E-state index contributed by atoms with van der Waals surface area (Å²) in [6.45, 7) is 6.13. The van der Waals surface area contributed by atoms with Gasteiger partial charge in [0.1, 0.15) is 11.4 Å². The minimum atomic E-state index is -4.59. The maximum atomic E-state index is 13.6. The summed E-state index contributed by atoms with van der Waals surface area (Å²) in [5, 5.41) is 22.0. The predicted molar refractivity (Wildman–Crippen MR) is 125 cm³/mol. The number of amides is 1. The number of ether oxygens (including phenoxy) is 2. The summed E-state index contributed by atoms with van der Waals surface area (Å²) in [6.07, 6.45) is 0.711. The van der Waals surface area contributed by atoms with Gasteiger partial charge in [-0.25, -0.2) is 4.79 Å². The summed E-state index contributed by atoms with van der Waals surface area (Å²) in [4.78, 5) is 12.1. The monoisotopic (exact) mass is 491 g/mol. The number of unbranched alkanes of at least 4 members (excludes halogenated alkanes) is 5. The molecule has 0 saturated heterocycles. The molecule has 0 saturated carbocycles. The van der Waals surface area contributed by atoms with Crippen molar-refractivity contribution in [3.8, 4) is 5.75 Å². The summed E-state index contributed by atoms with van der Waals surface area (Å²) in [7, 11) is 0. The zero-order chi connectivity index (χ0) is 25.8. The first kappa shape index (κ1) is 30.0. The van der Waals surface area contributed by atoms with Crippen molar-refractivity contribution in [1.29, 1.82) is 0 Å². The van der Waals surface area contributed by atoms with Gasteiger partial charge in [0, 0.05) is 0 Å². The lowest BCUT2D eigenvalue weighted by Gasteiger charge is -2.32. The number of aliphatic hydroxyl groups excluding tert-OH is 2. The number of rotatable bonds is 14. The molecule has 0 fully saturated rings. The van der Waals surface area contributed by atoms with Crippen LogP contribution in [0.1, 0.15) is 83.8 Å². The second-order valence-electron chi connectivity index (χ2n) is 9.67. The Hall–Kier alpha value is -2.00. The Labute approximate surface area is 200 Å². The maximum Gasteiger partial charge on any atom is 0.419 e. The minimum absolute atomic E-state index is 0.00844. The molecule has 0 bridgehead atoms. The van der Waals surface area contributed by atoms with Gasteiger partial charge in [0.05, 0.1) is 30.9 Å². The van der Waals surface area contributed by atoms with Crippen LogP contribution in [0, 0.1) is 0 Å². The summed E-state index contributed by atoms with van der Waals surface area (Å²) in [5.41, 5.74) is -2.74. The highest BCUT2D eigenvalue weighted by atomic mass is 19.4. The van der Waals surface area contributed by atoms with Crippen molar-refractivity contribution in [1.82, 2.24) is 5.32 Å². The van der Waals surface area contributed by atoms with E-state index in [0.29, 0.717) is 12.0 Å². The van der Waals surface area contributed by atoms with Crippen LogP contribution >= 0.6 is 0 Å². The van der Waals surface area contributed by atoms with Crippen molar-refractivity contribution in [3.63, 3.8) is 0 Å². The highest BCUT2D eigenvalue weighted by Gasteiger charge is 2.36. The first-order chi connectivity index (χ1) is 15.9. The average molecular weight is 492 g/mol. The van der Waals surface area contributed by atoms with E-state index in [1.165, 1.54) is 12.1 Å². The van der Waals surface area contributed by atoms with E-state index in [4.69, 9.17) is 9.47 Å². The lowest BCUT2D eigenvalue weighted by atomic mass is 9.92. The molecule has 0 heterocycles. The average Bonchev–Trinajstić information content (AvgIpc) is 2.74. The van der Waals surface area contributed by atoms with Crippen molar-refractivity contribution in [3.05, 3.63) is 29.3 Å². The van der Waals surface area contributed by atoms with Gasteiger partial charge in [0.2, 0.25) is 0 Å². The standard InChI is InChI=1S/C25H40F3NO5/c1-5-6-7-8-9-10-15-33-21-12-11-19(16-20(21)25(26,27)28)13-14-24(17-30,18-31)29-22(32)34-23(2,3)4/h11-12,16,30-31H,5-10,13-15,17-18H2,1-4H3,(H,29,32). The topological polar surface area (TPSA) is 88.0 Å². The van der Waals surface area contributed by atoms with Crippen LogP contribution < -0.4 is 10.1 Å². The zero-order valence-electron chi connectivity index (χ0n) is 20.8. The molecule has 0 spiro atoms. The molecular formula is C25H40F3NO5. The van der Waals surface area contributed by atoms with Gasteiger partial charge in [-0.1, -0.05) is 45.1 Å². The number of alkyl halides is 3. The van der Waals surface area contributed by atoms with Gasteiger partial charge in [0.25, 0.3) is 0 Å². The first-order valence-electron chi connectivity index (χ1n) is 11.9. The van der Waals surface area contributed by atoms with Crippen LogP contribution in [0.3, 0.4) is 0 Å². The molecule has 0 aliphatic heterocycles. The third kappa shape index (κ3) is 11.0. The molecule has 1 rings (SSSR count). The Morgan fingerprint density at radius 2 is 1.62 bits per heavy atom. The zero-order valence-corrected chi connectivity index (χ0v) is 20.8. The smallest absolute Gasteiger partial charge is 0.419 e. The van der Waals surface area contributed by atoms with Gasteiger partial charge >= 0.3 is 12.3 Å². The van der Waals surface area contributed by atoms with Gasteiger partial charge in [-0.15, -0.1) is 0 Å². The number of alkyl carbamates (subject to hydrolysis) is 1. The van der Waals surface area contributed by atoms with Crippen molar-refractivity contribution < 1.29 is 37.7 Å². The maximum absolute atomic E-state index is 13.6. The molecule has 6 nitrogen and oxygen atoms in total. The van der Waals surface area contributed by atoms with Gasteiger partial charge < -0.3 is 25.0 Å². The van der Waals surface area contributed by atoms with Crippen LogP contribution in [0.2, 0.25) is 0 Å². The molecule has 196 valence electrons. The van der Waals surface area contributed by atoms with E-state index in [1.807, 2.05) is 0 Å². The molecule has 1 aromatic rings. The molecule has 3 N–H and O–H groups in total. The fourth-order valence-electron chi connectivity index (χ4n) is 3.40. The fourth-order valence-corrected chi connectivity index (χ4v) is 3.40. The Bertz CT molecular complexity index is 743. The number of benzene rings is 1. The fraction of sp³-hybridized carbons (Fsp3) is 0.720. The Kier molecular flexibility index (Phi) is 12.2. The molecule has 0 atom stereocenters. The highest BCUT2D eigenvalue weighted by molar-refractivity contribution is 5.68. The Morgan fingerprint density at radius 3 is 2.18 bits per heavy atom. The Balaban J connectivity index is 2.83.